The minimum absolute atomic E-state index is 0.0261. The fourth-order valence-electron chi connectivity index (χ4n) is 1.69. The Balaban J connectivity index is 3.16. The monoisotopic (exact) mass is 274 g/mol. The van der Waals surface area contributed by atoms with E-state index < -0.39 is 42.2 Å². The maximum absolute atomic E-state index is 12.7. The summed E-state index contributed by atoms with van der Waals surface area (Å²) in [4.78, 5) is 10.4. The average Bonchev–Trinajstić information content (AvgIpc) is 2.13. The van der Waals surface area contributed by atoms with Crippen LogP contribution in [0, 0.1) is 5.41 Å². The van der Waals surface area contributed by atoms with Crippen molar-refractivity contribution in [3.05, 3.63) is 23.8 Å². The van der Waals surface area contributed by atoms with Gasteiger partial charge < -0.3 is 5.11 Å². The third-order valence-electron chi connectivity index (χ3n) is 2.61. The van der Waals surface area contributed by atoms with Gasteiger partial charge in [-0.2, -0.15) is 26.3 Å². The summed E-state index contributed by atoms with van der Waals surface area (Å²) < 4.78 is 75.9. The van der Waals surface area contributed by atoms with Crippen molar-refractivity contribution in [1.29, 1.82) is 0 Å². The van der Waals surface area contributed by atoms with E-state index in [9.17, 15) is 31.1 Å². The molecular weight excluding hydrogens is 266 g/mol. The van der Waals surface area contributed by atoms with Crippen molar-refractivity contribution >= 4 is 5.97 Å². The second-order valence-electron chi connectivity index (χ2n) is 3.90. The molecule has 0 heterocycles. The van der Waals surface area contributed by atoms with Crippen molar-refractivity contribution < 1.29 is 36.2 Å². The maximum atomic E-state index is 12.7. The zero-order chi connectivity index (χ0) is 14.2. The zero-order valence-corrected chi connectivity index (χ0v) is 8.77. The Hall–Kier alpha value is -1.47. The number of carboxylic acids is 1. The highest BCUT2D eigenvalue weighted by atomic mass is 19.4. The first-order valence-electron chi connectivity index (χ1n) is 4.72. The predicted molar refractivity (Wildman–Crippen MR) is 48.6 cm³/mol. The molecule has 0 saturated heterocycles. The molecule has 0 aromatic heterocycles. The van der Waals surface area contributed by atoms with E-state index in [2.05, 4.69) is 0 Å². The first-order valence-corrected chi connectivity index (χ1v) is 4.72. The van der Waals surface area contributed by atoms with Crippen molar-refractivity contribution in [3.8, 4) is 0 Å². The van der Waals surface area contributed by atoms with E-state index in [-0.39, 0.29) is 6.08 Å². The van der Waals surface area contributed by atoms with Crippen LogP contribution in [0.5, 0.6) is 0 Å². The fourth-order valence-corrected chi connectivity index (χ4v) is 1.69. The van der Waals surface area contributed by atoms with Gasteiger partial charge in [-0.05, 0) is 6.42 Å². The van der Waals surface area contributed by atoms with Gasteiger partial charge in [0.1, 0.15) is 0 Å². The highest BCUT2D eigenvalue weighted by Gasteiger charge is 2.69. The van der Waals surface area contributed by atoms with Crippen LogP contribution in [0.4, 0.5) is 26.3 Å². The zero-order valence-electron chi connectivity index (χ0n) is 8.77. The third kappa shape index (κ3) is 2.51. The fraction of sp³-hybridized carbons (Fsp3) is 0.500. The number of carbonyl (C=O) groups is 1. The number of aliphatic carboxylic acids is 1. The Morgan fingerprint density at radius 1 is 1.22 bits per heavy atom. The molecule has 0 saturated carbocycles. The van der Waals surface area contributed by atoms with Crippen molar-refractivity contribution in [3.63, 3.8) is 0 Å². The molecule has 0 amide bonds. The Labute approximate surface area is 97.6 Å². The van der Waals surface area contributed by atoms with Crippen LogP contribution in [0.3, 0.4) is 0 Å². The molecular formula is C10H8F6O2. The van der Waals surface area contributed by atoms with Crippen LogP contribution in [0.15, 0.2) is 23.8 Å². The predicted octanol–water partition coefficient (Wildman–Crippen LogP) is 3.46. The molecule has 1 aliphatic rings. The van der Waals surface area contributed by atoms with Crippen molar-refractivity contribution in [1.82, 2.24) is 0 Å². The van der Waals surface area contributed by atoms with E-state index in [1.807, 2.05) is 0 Å². The third-order valence-corrected chi connectivity index (χ3v) is 2.61. The number of allylic oxidation sites excluding steroid dienone is 3. The molecule has 0 atom stereocenters. The van der Waals surface area contributed by atoms with Gasteiger partial charge in [-0.1, -0.05) is 23.8 Å². The topological polar surface area (TPSA) is 37.3 Å². The molecule has 1 rings (SSSR count). The lowest BCUT2D eigenvalue weighted by Gasteiger charge is -2.36. The van der Waals surface area contributed by atoms with Gasteiger partial charge in [0.05, 0.1) is 6.42 Å². The van der Waals surface area contributed by atoms with Crippen LogP contribution in [-0.2, 0) is 4.79 Å². The van der Waals surface area contributed by atoms with Crippen LogP contribution < -0.4 is 0 Å². The Morgan fingerprint density at radius 3 is 2.11 bits per heavy atom. The molecule has 1 aliphatic carbocycles. The van der Waals surface area contributed by atoms with Crippen LogP contribution in [0.2, 0.25) is 0 Å². The van der Waals surface area contributed by atoms with Gasteiger partial charge in [0.25, 0.3) is 0 Å². The number of halogens is 6. The highest BCUT2D eigenvalue weighted by Crippen LogP contribution is 2.56. The van der Waals surface area contributed by atoms with Crippen molar-refractivity contribution in [2.24, 2.45) is 5.41 Å². The summed E-state index contributed by atoms with van der Waals surface area (Å²) in [6.07, 6.45) is -11.7. The van der Waals surface area contributed by atoms with Gasteiger partial charge in [-0.25, -0.2) is 0 Å². The summed E-state index contributed by atoms with van der Waals surface area (Å²) in [5.41, 5.74) is -4.42. The molecule has 0 aliphatic heterocycles. The number of alkyl halides is 6. The van der Waals surface area contributed by atoms with Crippen LogP contribution in [0.25, 0.3) is 0 Å². The SMILES string of the molecule is O=C(O)CC1=CC=CC(C(F)(F)F)(C(F)(F)F)C1. The molecule has 0 unspecified atom stereocenters. The minimum Gasteiger partial charge on any atom is -0.481 e. The largest absolute Gasteiger partial charge is 0.481 e. The normalized spacial score (nSPS) is 19.6. The number of carboxylic acid groups (broad SMARTS) is 1. The van der Waals surface area contributed by atoms with E-state index in [1.165, 1.54) is 0 Å². The van der Waals surface area contributed by atoms with Gasteiger partial charge in [0.2, 0.25) is 0 Å². The summed E-state index contributed by atoms with van der Waals surface area (Å²) in [6.45, 7) is 0. The van der Waals surface area contributed by atoms with Gasteiger partial charge in [0.15, 0.2) is 5.41 Å². The van der Waals surface area contributed by atoms with Crippen LogP contribution >= 0.6 is 0 Å². The molecule has 102 valence electrons. The molecule has 0 aromatic rings. The van der Waals surface area contributed by atoms with Gasteiger partial charge in [0, 0.05) is 0 Å². The Morgan fingerprint density at radius 2 is 1.72 bits per heavy atom. The minimum atomic E-state index is -5.53. The standard InChI is InChI=1S/C10H8F6O2/c11-9(12,13)8(10(14,15)16)3-1-2-6(5-8)4-7(17)18/h1-3H,4-5H2,(H,17,18). The molecule has 2 nitrogen and oxygen atoms in total. The first-order chi connectivity index (χ1) is 7.99. The van der Waals surface area contributed by atoms with E-state index in [0.717, 1.165) is 6.08 Å². The summed E-state index contributed by atoms with van der Waals surface area (Å²) >= 11 is 0. The number of hydrogen-bond donors (Lipinski definition) is 1. The molecule has 18 heavy (non-hydrogen) atoms. The summed E-state index contributed by atoms with van der Waals surface area (Å²) in [7, 11) is 0. The van der Waals surface area contributed by atoms with Crippen molar-refractivity contribution in [2.75, 3.05) is 0 Å². The molecule has 0 fully saturated rings. The van der Waals surface area contributed by atoms with Crippen molar-refractivity contribution in [2.45, 2.75) is 25.2 Å². The molecule has 0 radical (unpaired) electrons. The first kappa shape index (κ1) is 14.6. The maximum Gasteiger partial charge on any atom is 0.406 e. The van der Waals surface area contributed by atoms with Gasteiger partial charge in [-0.15, -0.1) is 0 Å². The second-order valence-corrected chi connectivity index (χ2v) is 3.90. The summed E-state index contributed by atoms with van der Waals surface area (Å²) in [6, 6.07) is 0. The Bertz CT molecular complexity index is 388. The Kier molecular flexibility index (Phi) is 3.51. The van der Waals surface area contributed by atoms with Crippen LogP contribution in [-0.4, -0.2) is 23.4 Å². The van der Waals surface area contributed by atoms with Crippen LogP contribution in [0.1, 0.15) is 12.8 Å². The number of hydrogen-bond acceptors (Lipinski definition) is 1. The van der Waals surface area contributed by atoms with E-state index in [0.29, 0.717) is 6.08 Å². The average molecular weight is 274 g/mol. The molecule has 1 N–H and O–H groups in total. The van der Waals surface area contributed by atoms with E-state index in [1.54, 1.807) is 0 Å². The molecule has 0 aromatic carbocycles. The highest BCUT2D eigenvalue weighted by molar-refractivity contribution is 5.70. The second kappa shape index (κ2) is 4.33. The number of rotatable bonds is 2. The molecule has 0 spiro atoms. The lowest BCUT2D eigenvalue weighted by molar-refractivity contribution is -0.321. The smallest absolute Gasteiger partial charge is 0.406 e. The van der Waals surface area contributed by atoms with Gasteiger partial charge in [-0.3, -0.25) is 4.79 Å². The quantitative estimate of drug-likeness (QED) is 0.783. The molecule has 8 heteroatoms. The lowest BCUT2D eigenvalue weighted by Crippen LogP contribution is -2.49. The summed E-state index contributed by atoms with van der Waals surface area (Å²) in [5.74, 6) is -1.48. The van der Waals surface area contributed by atoms with E-state index >= 15 is 0 Å². The lowest BCUT2D eigenvalue weighted by atomic mass is 9.76. The summed E-state index contributed by atoms with van der Waals surface area (Å²) in [5, 5.41) is 8.41. The molecule has 0 bridgehead atoms. The van der Waals surface area contributed by atoms with E-state index in [4.69, 9.17) is 5.11 Å². The van der Waals surface area contributed by atoms with Gasteiger partial charge >= 0.3 is 18.3 Å².